The Morgan fingerprint density at radius 3 is 2.50 bits per heavy atom. The topological polar surface area (TPSA) is 99.0 Å². The highest BCUT2D eigenvalue weighted by molar-refractivity contribution is 9.10. The van der Waals surface area contributed by atoms with Crippen LogP contribution in [-0.4, -0.2) is 27.6 Å². The Morgan fingerprint density at radius 2 is 1.75 bits per heavy atom. The van der Waals surface area contributed by atoms with E-state index in [4.69, 9.17) is 9.47 Å². The van der Waals surface area contributed by atoms with E-state index in [2.05, 4.69) is 34.1 Å². The number of benzene rings is 4. The van der Waals surface area contributed by atoms with Gasteiger partial charge >= 0.3 is 0 Å². The first-order valence-electron chi connectivity index (χ1n) is 12.4. The fourth-order valence-electron chi connectivity index (χ4n) is 4.34. The van der Waals surface area contributed by atoms with Gasteiger partial charge in [-0.2, -0.15) is 0 Å². The molecule has 0 aliphatic carbocycles. The quantitative estimate of drug-likeness (QED) is 0.107. The van der Waals surface area contributed by atoms with Crippen LogP contribution >= 0.6 is 27.7 Å². The van der Waals surface area contributed by atoms with Gasteiger partial charge in [0.05, 0.1) is 27.5 Å². The predicted octanol–water partition coefficient (Wildman–Crippen LogP) is 7.72. The number of amides is 2. The van der Waals surface area contributed by atoms with Crippen molar-refractivity contribution >= 4 is 61.4 Å². The lowest BCUT2D eigenvalue weighted by molar-refractivity contribution is -0.384. The van der Waals surface area contributed by atoms with Crippen molar-refractivity contribution in [3.05, 3.63) is 115 Å². The molecule has 2 amide bonds. The maximum atomic E-state index is 13.1. The summed E-state index contributed by atoms with van der Waals surface area (Å²) in [5, 5.41) is 12.7. The Labute approximate surface area is 242 Å². The second kappa shape index (κ2) is 11.9. The van der Waals surface area contributed by atoms with Crippen molar-refractivity contribution in [1.82, 2.24) is 4.90 Å². The van der Waals surface area contributed by atoms with Gasteiger partial charge in [-0.25, -0.2) is 0 Å². The third-order valence-corrected chi connectivity index (χ3v) is 7.74. The first kappa shape index (κ1) is 27.4. The molecule has 1 aliphatic heterocycles. The zero-order valence-electron chi connectivity index (χ0n) is 21.3. The Hall–Kier alpha value is -4.15. The van der Waals surface area contributed by atoms with Crippen LogP contribution < -0.4 is 9.47 Å². The van der Waals surface area contributed by atoms with Gasteiger partial charge in [0.1, 0.15) is 6.61 Å². The molecule has 0 radical (unpaired) electrons. The highest BCUT2D eigenvalue weighted by Crippen LogP contribution is 2.40. The first-order valence-corrected chi connectivity index (χ1v) is 14.0. The highest BCUT2D eigenvalue weighted by atomic mass is 79.9. The number of fused-ring (bicyclic) bond motifs is 1. The van der Waals surface area contributed by atoms with Crippen LogP contribution in [0.4, 0.5) is 10.5 Å². The van der Waals surface area contributed by atoms with Gasteiger partial charge in [-0.05, 0) is 80.3 Å². The minimum absolute atomic E-state index is 0.0227. The van der Waals surface area contributed by atoms with Crippen molar-refractivity contribution in [2.24, 2.45) is 0 Å². The van der Waals surface area contributed by atoms with Crippen molar-refractivity contribution in [1.29, 1.82) is 0 Å². The lowest BCUT2D eigenvalue weighted by Crippen LogP contribution is -2.27. The molecule has 10 heteroatoms. The SMILES string of the molecule is CCOc1cc(/C=C2/SC(=O)N(Cc3ccc([N+](=O)[O-])cc3)C2=O)cc(Br)c1OCc1cccc2ccccc12. The maximum Gasteiger partial charge on any atom is 0.293 e. The molecule has 1 aliphatic rings. The van der Waals surface area contributed by atoms with Crippen molar-refractivity contribution in [3.63, 3.8) is 0 Å². The monoisotopic (exact) mass is 618 g/mol. The largest absolute Gasteiger partial charge is 0.490 e. The third kappa shape index (κ3) is 5.88. The molecule has 8 nitrogen and oxygen atoms in total. The molecule has 0 bridgehead atoms. The second-order valence-electron chi connectivity index (χ2n) is 8.88. The zero-order valence-corrected chi connectivity index (χ0v) is 23.7. The Balaban J connectivity index is 1.36. The van der Waals surface area contributed by atoms with Crippen LogP contribution in [0.3, 0.4) is 0 Å². The average molecular weight is 619 g/mol. The van der Waals surface area contributed by atoms with Gasteiger partial charge < -0.3 is 9.47 Å². The number of non-ortho nitro benzene ring substituents is 1. The van der Waals surface area contributed by atoms with E-state index in [1.165, 1.54) is 24.3 Å². The van der Waals surface area contributed by atoms with E-state index in [-0.39, 0.29) is 17.1 Å². The Kier molecular flexibility index (Phi) is 8.18. The van der Waals surface area contributed by atoms with Crippen LogP contribution in [0.25, 0.3) is 16.8 Å². The van der Waals surface area contributed by atoms with Crippen molar-refractivity contribution < 1.29 is 24.0 Å². The number of carbonyl (C=O) groups excluding carboxylic acids is 2. The summed E-state index contributed by atoms with van der Waals surface area (Å²) in [6, 6.07) is 23.5. The summed E-state index contributed by atoms with van der Waals surface area (Å²) in [6.07, 6.45) is 1.64. The number of hydrogen-bond acceptors (Lipinski definition) is 7. The van der Waals surface area contributed by atoms with Gasteiger partial charge in [-0.15, -0.1) is 0 Å². The summed E-state index contributed by atoms with van der Waals surface area (Å²) in [5.41, 5.74) is 2.26. The van der Waals surface area contributed by atoms with Gasteiger partial charge in [0, 0.05) is 12.1 Å². The smallest absolute Gasteiger partial charge is 0.293 e. The zero-order chi connectivity index (χ0) is 28.2. The van der Waals surface area contributed by atoms with Crippen LogP contribution in [-0.2, 0) is 17.9 Å². The minimum Gasteiger partial charge on any atom is -0.490 e. The van der Waals surface area contributed by atoms with E-state index in [0.717, 1.165) is 33.0 Å². The molecule has 1 heterocycles. The Bertz CT molecular complexity index is 1650. The molecule has 0 N–H and O–H groups in total. The molecule has 202 valence electrons. The number of rotatable bonds is 9. The lowest BCUT2D eigenvalue weighted by Gasteiger charge is -2.16. The van der Waals surface area contributed by atoms with Crippen molar-refractivity contribution in [3.8, 4) is 11.5 Å². The predicted molar refractivity (Wildman–Crippen MR) is 158 cm³/mol. The second-order valence-corrected chi connectivity index (χ2v) is 10.7. The third-order valence-electron chi connectivity index (χ3n) is 6.24. The molecule has 5 rings (SSSR count). The number of carbonyl (C=O) groups is 2. The van der Waals surface area contributed by atoms with Crippen molar-refractivity contribution in [2.75, 3.05) is 6.61 Å². The van der Waals surface area contributed by atoms with E-state index in [9.17, 15) is 19.7 Å². The van der Waals surface area contributed by atoms with Crippen LogP contribution in [0, 0.1) is 10.1 Å². The van der Waals surface area contributed by atoms with Gasteiger partial charge in [-0.1, -0.05) is 54.6 Å². The molecule has 0 unspecified atom stereocenters. The molecule has 1 fully saturated rings. The van der Waals surface area contributed by atoms with E-state index >= 15 is 0 Å². The van der Waals surface area contributed by atoms with E-state index in [1.54, 1.807) is 12.1 Å². The molecule has 0 spiro atoms. The summed E-state index contributed by atoms with van der Waals surface area (Å²) in [5.74, 6) is 0.616. The molecule has 0 atom stereocenters. The summed E-state index contributed by atoms with van der Waals surface area (Å²) in [7, 11) is 0. The van der Waals surface area contributed by atoms with Crippen LogP contribution in [0.5, 0.6) is 11.5 Å². The normalized spacial score (nSPS) is 14.2. The highest BCUT2D eigenvalue weighted by Gasteiger charge is 2.35. The van der Waals surface area contributed by atoms with Gasteiger partial charge in [-0.3, -0.25) is 24.6 Å². The first-order chi connectivity index (χ1) is 19.3. The number of imide groups is 1. The number of nitro groups is 1. The van der Waals surface area contributed by atoms with Crippen LogP contribution in [0.1, 0.15) is 23.6 Å². The lowest BCUT2D eigenvalue weighted by atomic mass is 10.1. The minimum atomic E-state index is -0.499. The van der Waals surface area contributed by atoms with E-state index < -0.39 is 16.1 Å². The molecule has 0 saturated carbocycles. The van der Waals surface area contributed by atoms with Gasteiger partial charge in [0.2, 0.25) is 0 Å². The fourth-order valence-corrected chi connectivity index (χ4v) is 5.75. The number of thioether (sulfide) groups is 1. The van der Waals surface area contributed by atoms with Crippen molar-refractivity contribution in [2.45, 2.75) is 20.1 Å². The van der Waals surface area contributed by atoms with Crippen LogP contribution in [0.15, 0.2) is 88.2 Å². The standard InChI is InChI=1S/C30H23BrN2O6S/c1-2-38-26-15-20(14-25(31)28(26)39-18-22-8-5-7-21-6-3-4-9-24(21)22)16-27-29(34)32(30(35)40-27)17-19-10-12-23(13-11-19)33(36)37/h3-16H,2,17-18H2,1H3/b27-16+. The molecule has 40 heavy (non-hydrogen) atoms. The maximum absolute atomic E-state index is 13.1. The van der Waals surface area contributed by atoms with Crippen LogP contribution in [0.2, 0.25) is 0 Å². The number of ether oxygens (including phenoxy) is 2. The molecule has 4 aromatic carbocycles. The van der Waals surface area contributed by atoms with E-state index in [1.807, 2.05) is 37.3 Å². The molecule has 1 saturated heterocycles. The fraction of sp³-hybridized carbons (Fsp3) is 0.133. The summed E-state index contributed by atoms with van der Waals surface area (Å²) in [4.78, 5) is 37.5. The molecular formula is C30H23BrN2O6S. The average Bonchev–Trinajstić information content (AvgIpc) is 3.20. The van der Waals surface area contributed by atoms with Gasteiger partial charge in [0.15, 0.2) is 11.5 Å². The molecule has 4 aromatic rings. The molecular weight excluding hydrogens is 596 g/mol. The number of nitrogens with zero attached hydrogens (tertiary/aromatic N) is 2. The summed E-state index contributed by atoms with van der Waals surface area (Å²) >= 11 is 4.43. The van der Waals surface area contributed by atoms with E-state index in [0.29, 0.717) is 40.3 Å². The summed E-state index contributed by atoms with van der Waals surface area (Å²) in [6.45, 7) is 2.64. The number of nitro benzene ring substituents is 1. The molecule has 0 aromatic heterocycles. The van der Waals surface area contributed by atoms with Gasteiger partial charge in [0.25, 0.3) is 16.8 Å². The number of halogens is 1. The number of hydrogen-bond donors (Lipinski definition) is 0. The Morgan fingerprint density at radius 1 is 1.00 bits per heavy atom. The summed E-state index contributed by atoms with van der Waals surface area (Å²) < 4.78 is 12.7.